The van der Waals surface area contributed by atoms with Crippen molar-refractivity contribution < 1.29 is 23.7 Å². The van der Waals surface area contributed by atoms with Crippen molar-refractivity contribution in [1.29, 1.82) is 0 Å². The van der Waals surface area contributed by atoms with Crippen LogP contribution < -0.4 is 14.2 Å². The molecule has 1 fully saturated rings. The first kappa shape index (κ1) is 20.3. The number of benzene rings is 2. The Labute approximate surface area is 179 Å². The molecule has 8 heteroatoms. The summed E-state index contributed by atoms with van der Waals surface area (Å²) < 4.78 is 21.8. The molecule has 0 aliphatic carbocycles. The predicted octanol–water partition coefficient (Wildman–Crippen LogP) is 4.06. The van der Waals surface area contributed by atoms with E-state index < -0.39 is 0 Å². The van der Waals surface area contributed by atoms with Crippen LogP contribution in [0.3, 0.4) is 0 Å². The number of ether oxygens (including phenoxy) is 4. The monoisotopic (exact) mass is 426 g/mol. The molecule has 0 atom stereocenters. The minimum absolute atomic E-state index is 0.117. The molecular formula is C22H22N2O5S. The molecule has 0 saturated carbocycles. The highest BCUT2D eigenvalue weighted by Gasteiger charge is 2.33. The second kappa shape index (κ2) is 9.23. The molecule has 0 spiro atoms. The third kappa shape index (κ3) is 4.29. The summed E-state index contributed by atoms with van der Waals surface area (Å²) >= 11 is 1.33. The number of hydrogen-bond donors (Lipinski definition) is 0. The molecule has 0 bridgehead atoms. The molecular weight excluding hydrogens is 404 g/mol. The fourth-order valence-corrected chi connectivity index (χ4v) is 4.09. The van der Waals surface area contributed by atoms with E-state index in [1.807, 2.05) is 43.3 Å². The minimum Gasteiger partial charge on any atom is -0.496 e. The fourth-order valence-electron chi connectivity index (χ4n) is 3.07. The lowest BCUT2D eigenvalue weighted by Crippen LogP contribution is -2.32. The highest BCUT2D eigenvalue weighted by atomic mass is 32.2. The smallest absolute Gasteiger partial charge is 0.266 e. The van der Waals surface area contributed by atoms with Gasteiger partial charge in [-0.15, -0.1) is 0 Å². The van der Waals surface area contributed by atoms with Crippen LogP contribution in [0.5, 0.6) is 17.2 Å². The van der Waals surface area contributed by atoms with Gasteiger partial charge in [0.2, 0.25) is 6.79 Å². The van der Waals surface area contributed by atoms with E-state index in [9.17, 15) is 4.79 Å². The van der Waals surface area contributed by atoms with Crippen molar-refractivity contribution in [3.8, 4) is 17.2 Å². The quantitative estimate of drug-likeness (QED) is 0.491. The molecule has 2 aromatic carbocycles. The Bertz CT molecular complexity index is 991. The molecule has 1 amide bonds. The fraction of sp³-hybridized carbons (Fsp3) is 0.273. The summed E-state index contributed by atoms with van der Waals surface area (Å²) in [6.45, 7) is 3.57. The van der Waals surface area contributed by atoms with Crippen molar-refractivity contribution in [3.05, 3.63) is 52.9 Å². The van der Waals surface area contributed by atoms with Crippen LogP contribution in [0.2, 0.25) is 0 Å². The van der Waals surface area contributed by atoms with E-state index >= 15 is 0 Å². The van der Waals surface area contributed by atoms with Crippen LogP contribution in [0.4, 0.5) is 5.69 Å². The maximum atomic E-state index is 13.1. The number of hydrogen-bond acceptors (Lipinski definition) is 7. The normalized spacial score (nSPS) is 17.9. The van der Waals surface area contributed by atoms with E-state index in [0.717, 1.165) is 11.3 Å². The lowest BCUT2D eigenvalue weighted by molar-refractivity contribution is -0.122. The van der Waals surface area contributed by atoms with Crippen molar-refractivity contribution in [1.82, 2.24) is 4.90 Å². The predicted molar refractivity (Wildman–Crippen MR) is 116 cm³/mol. The second-order valence-corrected chi connectivity index (χ2v) is 7.45. The Hall–Kier alpha value is -2.97. The average molecular weight is 426 g/mol. The molecule has 7 nitrogen and oxygen atoms in total. The number of carbonyl (C=O) groups is 1. The van der Waals surface area contributed by atoms with Gasteiger partial charge in [-0.25, -0.2) is 4.99 Å². The van der Waals surface area contributed by atoms with Crippen molar-refractivity contribution in [2.75, 3.05) is 33.7 Å². The SMILES string of the molecule is CCOCCN1C(=O)C(=Cc2cc3c(cc2OC)OCO3)SC1=Nc1ccccc1. The van der Waals surface area contributed by atoms with Crippen LogP contribution in [0.25, 0.3) is 6.08 Å². The molecule has 0 unspecified atom stereocenters. The van der Waals surface area contributed by atoms with Gasteiger partial charge in [-0.3, -0.25) is 9.69 Å². The van der Waals surface area contributed by atoms with Crippen molar-refractivity contribution >= 4 is 34.6 Å². The maximum Gasteiger partial charge on any atom is 0.266 e. The first-order chi connectivity index (χ1) is 14.7. The second-order valence-electron chi connectivity index (χ2n) is 6.44. The molecule has 4 rings (SSSR count). The van der Waals surface area contributed by atoms with Gasteiger partial charge in [-0.1, -0.05) is 18.2 Å². The van der Waals surface area contributed by atoms with Gasteiger partial charge in [0.25, 0.3) is 5.91 Å². The molecule has 0 aromatic heterocycles. The lowest BCUT2D eigenvalue weighted by atomic mass is 10.1. The number of carbonyl (C=O) groups excluding carboxylic acids is 1. The Morgan fingerprint density at radius 3 is 2.70 bits per heavy atom. The topological polar surface area (TPSA) is 69.6 Å². The van der Waals surface area contributed by atoms with E-state index in [2.05, 4.69) is 4.99 Å². The molecule has 0 N–H and O–H groups in total. The van der Waals surface area contributed by atoms with E-state index in [4.69, 9.17) is 18.9 Å². The molecule has 0 radical (unpaired) electrons. The highest BCUT2D eigenvalue weighted by Crippen LogP contribution is 2.41. The number of amidine groups is 1. The summed E-state index contributed by atoms with van der Waals surface area (Å²) in [7, 11) is 1.58. The number of amides is 1. The molecule has 2 aromatic rings. The summed E-state index contributed by atoms with van der Waals surface area (Å²) in [6.07, 6.45) is 1.80. The third-order valence-corrected chi connectivity index (χ3v) is 5.55. The number of nitrogens with zero attached hydrogens (tertiary/aromatic N) is 2. The van der Waals surface area contributed by atoms with Crippen LogP contribution in [-0.4, -0.2) is 49.6 Å². The number of thioether (sulfide) groups is 1. The van der Waals surface area contributed by atoms with Gasteiger partial charge in [0.1, 0.15) is 5.75 Å². The van der Waals surface area contributed by atoms with Crippen LogP contribution >= 0.6 is 11.8 Å². The largest absolute Gasteiger partial charge is 0.496 e. The zero-order valence-electron chi connectivity index (χ0n) is 16.8. The Morgan fingerprint density at radius 1 is 1.20 bits per heavy atom. The number of methoxy groups -OCH3 is 1. The molecule has 2 aliphatic rings. The number of aliphatic imine (C=N–C) groups is 1. The summed E-state index contributed by atoms with van der Waals surface area (Å²) in [5.41, 5.74) is 1.53. The van der Waals surface area contributed by atoms with Gasteiger partial charge in [-0.2, -0.15) is 0 Å². The maximum absolute atomic E-state index is 13.1. The molecule has 1 saturated heterocycles. The highest BCUT2D eigenvalue weighted by molar-refractivity contribution is 8.18. The van der Waals surface area contributed by atoms with Gasteiger partial charge < -0.3 is 18.9 Å². The minimum atomic E-state index is -0.117. The Kier molecular flexibility index (Phi) is 6.25. The molecule has 2 heterocycles. The van der Waals surface area contributed by atoms with E-state index in [1.54, 1.807) is 24.2 Å². The lowest BCUT2D eigenvalue weighted by Gasteiger charge is -2.15. The van der Waals surface area contributed by atoms with E-state index in [0.29, 0.717) is 47.1 Å². The zero-order valence-corrected chi connectivity index (χ0v) is 17.6. The summed E-state index contributed by atoms with van der Waals surface area (Å²) in [4.78, 5) is 20.0. The Morgan fingerprint density at radius 2 is 1.97 bits per heavy atom. The summed E-state index contributed by atoms with van der Waals surface area (Å²) in [5.74, 6) is 1.75. The number of fused-ring (bicyclic) bond motifs is 1. The van der Waals surface area contributed by atoms with Gasteiger partial charge in [0.05, 0.1) is 30.9 Å². The van der Waals surface area contributed by atoms with Gasteiger partial charge in [-0.05, 0) is 43.0 Å². The standard InChI is InChI=1S/C22H22N2O5S/c1-3-27-10-9-24-21(25)20(30-22(24)23-16-7-5-4-6-8-16)12-15-11-18-19(29-14-28-18)13-17(15)26-2/h4-8,11-13H,3,9-10,14H2,1-2H3. The van der Waals surface area contributed by atoms with Crippen molar-refractivity contribution in [2.24, 2.45) is 4.99 Å². The van der Waals surface area contributed by atoms with Crippen molar-refractivity contribution in [3.63, 3.8) is 0 Å². The first-order valence-electron chi connectivity index (χ1n) is 9.60. The number of para-hydroxylation sites is 1. The zero-order chi connectivity index (χ0) is 20.9. The van der Waals surface area contributed by atoms with Gasteiger partial charge in [0.15, 0.2) is 16.7 Å². The van der Waals surface area contributed by atoms with Crippen molar-refractivity contribution in [2.45, 2.75) is 6.92 Å². The third-order valence-electron chi connectivity index (χ3n) is 4.54. The summed E-state index contributed by atoms with van der Waals surface area (Å²) in [5, 5.41) is 0.622. The number of rotatable bonds is 7. The van der Waals surface area contributed by atoms with Gasteiger partial charge >= 0.3 is 0 Å². The Balaban J connectivity index is 1.67. The van der Waals surface area contributed by atoms with Gasteiger partial charge in [0, 0.05) is 18.2 Å². The van der Waals surface area contributed by atoms with E-state index in [-0.39, 0.29) is 12.7 Å². The molecule has 2 aliphatic heterocycles. The van der Waals surface area contributed by atoms with E-state index in [1.165, 1.54) is 11.8 Å². The first-order valence-corrected chi connectivity index (χ1v) is 10.4. The molecule has 156 valence electrons. The van der Waals surface area contributed by atoms with Crippen LogP contribution in [0, 0.1) is 0 Å². The van der Waals surface area contributed by atoms with Crippen LogP contribution in [0.1, 0.15) is 12.5 Å². The average Bonchev–Trinajstić information content (AvgIpc) is 3.33. The van der Waals surface area contributed by atoms with Crippen LogP contribution in [0.15, 0.2) is 52.4 Å². The van der Waals surface area contributed by atoms with Crippen LogP contribution in [-0.2, 0) is 9.53 Å². The molecule has 30 heavy (non-hydrogen) atoms. The summed E-state index contributed by atoms with van der Waals surface area (Å²) in [6, 6.07) is 13.2.